The number of nitrogens with zero attached hydrogens (tertiary/aromatic N) is 3. The van der Waals surface area contributed by atoms with E-state index in [9.17, 15) is 4.79 Å². The molecule has 0 radical (unpaired) electrons. The Bertz CT molecular complexity index is 1770. The Labute approximate surface area is 229 Å². The monoisotopic (exact) mass is 537 g/mol. The van der Waals surface area contributed by atoms with E-state index in [0.717, 1.165) is 49.5 Å². The molecule has 2 aromatic heterocycles. The lowest BCUT2D eigenvalue weighted by Gasteiger charge is -2.24. The number of carbonyl (C=O) groups excluding carboxylic acids is 1. The van der Waals surface area contributed by atoms with Gasteiger partial charge in [0.2, 0.25) is 5.91 Å². The largest absolute Gasteiger partial charge is 0.457 e. The number of benzene rings is 2. The molecule has 0 spiro atoms. The number of hydrogen-bond donors (Lipinski definition) is 4. The van der Waals surface area contributed by atoms with Crippen LogP contribution in [0.4, 0.5) is 11.4 Å². The van der Waals surface area contributed by atoms with Gasteiger partial charge in [-0.15, -0.1) is 11.3 Å². The van der Waals surface area contributed by atoms with Crippen molar-refractivity contribution in [1.29, 1.82) is 5.41 Å². The van der Waals surface area contributed by atoms with Crippen LogP contribution in [0.5, 0.6) is 11.5 Å². The van der Waals surface area contributed by atoms with Crippen molar-refractivity contribution >= 4 is 40.8 Å². The van der Waals surface area contributed by atoms with E-state index < -0.39 is 0 Å². The van der Waals surface area contributed by atoms with Gasteiger partial charge < -0.3 is 25.3 Å². The Kier molecular flexibility index (Phi) is 7.37. The SMILES string of the molecule is C=CC(=O)Nc1cccc(-c2cc3c(s2)=NCN(C)C=3Nc2ccc(Oc3cc[nH]/c(=N\C=N)c3)c(C)c2)c1. The number of nitrogens with one attached hydrogen (secondary N) is 4. The van der Waals surface area contributed by atoms with Crippen LogP contribution >= 0.6 is 11.3 Å². The van der Waals surface area contributed by atoms with Crippen LogP contribution in [0.15, 0.2) is 89.5 Å². The predicted molar refractivity (Wildman–Crippen MR) is 155 cm³/mol. The lowest BCUT2D eigenvalue weighted by atomic mass is 10.1. The Morgan fingerprint density at radius 1 is 1.21 bits per heavy atom. The summed E-state index contributed by atoms with van der Waals surface area (Å²) in [5.74, 6) is 2.07. The van der Waals surface area contributed by atoms with Crippen molar-refractivity contribution in [3.8, 4) is 21.9 Å². The zero-order valence-corrected chi connectivity index (χ0v) is 22.3. The molecule has 3 heterocycles. The van der Waals surface area contributed by atoms with Crippen LogP contribution in [0.2, 0.25) is 0 Å². The minimum atomic E-state index is -0.244. The molecule has 0 aliphatic carbocycles. The molecular weight excluding hydrogens is 510 g/mol. The van der Waals surface area contributed by atoms with Gasteiger partial charge in [-0.05, 0) is 66.6 Å². The number of anilines is 2. The molecule has 1 aliphatic heterocycles. The molecule has 0 bridgehead atoms. The third-order valence-electron chi connectivity index (χ3n) is 6.00. The van der Waals surface area contributed by atoms with Crippen LogP contribution in [-0.2, 0) is 4.79 Å². The van der Waals surface area contributed by atoms with Crippen molar-refractivity contribution in [2.45, 2.75) is 6.92 Å². The van der Waals surface area contributed by atoms with E-state index in [1.807, 2.05) is 62.5 Å². The van der Waals surface area contributed by atoms with Gasteiger partial charge in [-0.1, -0.05) is 18.7 Å². The molecule has 9 nitrogen and oxygen atoms in total. The highest BCUT2D eigenvalue weighted by molar-refractivity contribution is 7.13. The fourth-order valence-electron chi connectivity index (χ4n) is 4.11. The van der Waals surface area contributed by atoms with E-state index in [0.29, 0.717) is 23.6 Å². The topological polar surface area (TPSA) is 118 Å². The molecule has 1 amide bonds. The standard InChI is InChI=1S/C29H27N7O2S/c1-4-27(37)34-20-7-5-6-19(13-20)25-15-23-28(36(3)17-33-29(23)39-25)35-21-8-9-24(18(2)12-21)38-22-10-11-31-26(14-22)32-16-30/h4-16,35H,1,17H2,2-3H3,(H,34,37)(H2,30,31,32). The lowest BCUT2D eigenvalue weighted by Crippen LogP contribution is -2.38. The van der Waals surface area contributed by atoms with Crippen LogP contribution in [0.25, 0.3) is 16.3 Å². The van der Waals surface area contributed by atoms with Gasteiger partial charge in [0, 0.05) is 35.6 Å². The summed E-state index contributed by atoms with van der Waals surface area (Å²) >= 11 is 1.62. The number of carbonyl (C=O) groups is 1. The second kappa shape index (κ2) is 11.2. The number of hydrogen-bond acceptors (Lipinski definition) is 7. The number of amides is 1. The van der Waals surface area contributed by atoms with Gasteiger partial charge in [0.15, 0.2) is 0 Å². The first kappa shape index (κ1) is 25.7. The van der Waals surface area contributed by atoms with Crippen molar-refractivity contribution in [3.05, 3.63) is 100 Å². The number of fused-ring (bicyclic) bond motifs is 1. The number of rotatable bonds is 8. The number of pyridine rings is 1. The smallest absolute Gasteiger partial charge is 0.247 e. The second-order valence-electron chi connectivity index (χ2n) is 8.82. The van der Waals surface area contributed by atoms with E-state index in [2.05, 4.69) is 38.2 Å². The highest BCUT2D eigenvalue weighted by atomic mass is 32.1. The normalized spacial score (nSPS) is 12.8. The van der Waals surface area contributed by atoms with Crippen molar-refractivity contribution in [2.75, 3.05) is 24.3 Å². The molecule has 0 saturated carbocycles. The molecule has 10 heteroatoms. The third kappa shape index (κ3) is 5.81. The van der Waals surface area contributed by atoms with Crippen LogP contribution < -0.4 is 30.7 Å². The van der Waals surface area contributed by atoms with Gasteiger partial charge in [-0.25, -0.2) is 4.99 Å². The van der Waals surface area contributed by atoms with Gasteiger partial charge in [0.25, 0.3) is 0 Å². The van der Waals surface area contributed by atoms with Gasteiger partial charge in [-0.3, -0.25) is 15.2 Å². The van der Waals surface area contributed by atoms with Crippen LogP contribution in [0.1, 0.15) is 5.56 Å². The zero-order valence-electron chi connectivity index (χ0n) is 21.5. The summed E-state index contributed by atoms with van der Waals surface area (Å²) in [6.07, 6.45) is 3.96. The van der Waals surface area contributed by atoms with E-state index in [1.54, 1.807) is 23.6 Å². The number of thiophene rings is 1. The second-order valence-corrected chi connectivity index (χ2v) is 9.86. The molecule has 0 atom stereocenters. The number of aromatic amines is 1. The van der Waals surface area contributed by atoms with Gasteiger partial charge in [-0.2, -0.15) is 0 Å². The summed E-state index contributed by atoms with van der Waals surface area (Å²) in [5.41, 5.74) is 4.15. The Hall–Kier alpha value is -4.96. The highest BCUT2D eigenvalue weighted by Crippen LogP contribution is 2.28. The van der Waals surface area contributed by atoms with Crippen LogP contribution in [-0.4, -0.2) is 35.8 Å². The highest BCUT2D eigenvalue weighted by Gasteiger charge is 2.16. The molecule has 39 heavy (non-hydrogen) atoms. The van der Waals surface area contributed by atoms with E-state index in [1.165, 1.54) is 6.08 Å². The molecule has 4 aromatic rings. The average molecular weight is 538 g/mol. The van der Waals surface area contributed by atoms with Crippen molar-refractivity contribution in [1.82, 2.24) is 9.88 Å². The van der Waals surface area contributed by atoms with Crippen molar-refractivity contribution in [2.24, 2.45) is 9.98 Å². The van der Waals surface area contributed by atoms with E-state index in [-0.39, 0.29) is 5.91 Å². The number of H-pyrrole nitrogens is 1. The van der Waals surface area contributed by atoms with Gasteiger partial charge >= 0.3 is 0 Å². The summed E-state index contributed by atoms with van der Waals surface area (Å²) in [4.78, 5) is 26.5. The fraction of sp³-hybridized carbons (Fsp3) is 0.103. The zero-order chi connectivity index (χ0) is 27.4. The maximum atomic E-state index is 11.7. The first-order valence-corrected chi connectivity index (χ1v) is 13.0. The maximum absolute atomic E-state index is 11.7. The van der Waals surface area contributed by atoms with Crippen molar-refractivity contribution < 1.29 is 9.53 Å². The minimum absolute atomic E-state index is 0.244. The number of ether oxygens (including phenoxy) is 1. The molecule has 5 rings (SSSR count). The number of aromatic nitrogens is 1. The quantitative estimate of drug-likeness (QED) is 0.153. The molecule has 4 N–H and O–H groups in total. The Morgan fingerprint density at radius 3 is 2.87 bits per heavy atom. The summed E-state index contributed by atoms with van der Waals surface area (Å²) in [6, 6.07) is 19.4. The van der Waals surface area contributed by atoms with Crippen LogP contribution in [0.3, 0.4) is 0 Å². The minimum Gasteiger partial charge on any atom is -0.457 e. The fourth-order valence-corrected chi connectivity index (χ4v) is 5.13. The first-order chi connectivity index (χ1) is 18.9. The molecule has 2 aromatic carbocycles. The molecule has 0 unspecified atom stereocenters. The average Bonchev–Trinajstić information content (AvgIpc) is 3.37. The lowest BCUT2D eigenvalue weighted by molar-refractivity contribution is -0.111. The first-order valence-electron chi connectivity index (χ1n) is 12.1. The Morgan fingerprint density at radius 2 is 2.08 bits per heavy atom. The van der Waals surface area contributed by atoms with Gasteiger partial charge in [0.1, 0.15) is 40.5 Å². The molecule has 196 valence electrons. The van der Waals surface area contributed by atoms with Gasteiger partial charge in [0.05, 0.1) is 5.22 Å². The third-order valence-corrected chi connectivity index (χ3v) is 7.12. The summed E-state index contributed by atoms with van der Waals surface area (Å²) < 4.78 is 7.02. The molecular formula is C29H27N7O2S. The Balaban J connectivity index is 1.43. The van der Waals surface area contributed by atoms with E-state index in [4.69, 9.17) is 15.1 Å². The summed E-state index contributed by atoms with van der Waals surface area (Å²) in [6.45, 7) is 6.05. The summed E-state index contributed by atoms with van der Waals surface area (Å²) in [7, 11) is 2.01. The molecule has 1 aliphatic rings. The molecule has 0 fully saturated rings. The van der Waals surface area contributed by atoms with E-state index >= 15 is 0 Å². The van der Waals surface area contributed by atoms with Crippen molar-refractivity contribution in [3.63, 3.8) is 0 Å². The van der Waals surface area contributed by atoms with Crippen LogP contribution in [0, 0.1) is 12.3 Å². The summed E-state index contributed by atoms with van der Waals surface area (Å²) in [5, 5.41) is 14.6. The predicted octanol–water partition coefficient (Wildman–Crippen LogP) is 4.18. The molecule has 0 saturated heterocycles. The maximum Gasteiger partial charge on any atom is 0.247 e. The number of aryl methyl sites for hydroxylation is 1.